The maximum Gasteiger partial charge on any atom is 0.131 e. The molecular weight excluding hydrogens is 313 g/mol. The van der Waals surface area contributed by atoms with Crippen molar-refractivity contribution in [1.29, 1.82) is 0 Å². The summed E-state index contributed by atoms with van der Waals surface area (Å²) in [5, 5.41) is 0.908. The summed E-state index contributed by atoms with van der Waals surface area (Å²) in [6.45, 7) is 0. The summed E-state index contributed by atoms with van der Waals surface area (Å²) in [7, 11) is -2.65. The summed E-state index contributed by atoms with van der Waals surface area (Å²) in [5.74, 6) is 0. The third-order valence-electron chi connectivity index (χ3n) is 5.06. The molecule has 1 aromatic heterocycles. The zero-order chi connectivity index (χ0) is 16.4. The second kappa shape index (κ2) is 6.37. The number of benzene rings is 2. The Morgan fingerprint density at radius 1 is 0.750 bits per heavy atom. The summed E-state index contributed by atoms with van der Waals surface area (Å²) >= 11 is 0. The molecule has 1 aliphatic rings. The van der Waals surface area contributed by atoms with Crippen molar-refractivity contribution in [1.82, 2.24) is 4.98 Å². The van der Waals surface area contributed by atoms with Crippen LogP contribution < -0.4 is 5.30 Å². The highest BCUT2D eigenvalue weighted by Gasteiger charge is 2.48. The van der Waals surface area contributed by atoms with E-state index in [0.717, 1.165) is 18.1 Å². The van der Waals surface area contributed by atoms with Crippen molar-refractivity contribution in [2.24, 2.45) is 0 Å². The Labute approximate surface area is 143 Å². The SMILES string of the molecule is O=P1(c2cccnc2)[C@@H](c2ccccc2)CC[C@@H]1c1ccccc1. The molecule has 1 fully saturated rings. The molecule has 2 nitrogen and oxygen atoms in total. The van der Waals surface area contributed by atoms with E-state index in [1.165, 1.54) is 11.1 Å². The Hall–Kier alpha value is -2.18. The van der Waals surface area contributed by atoms with E-state index in [2.05, 4.69) is 29.2 Å². The Morgan fingerprint density at radius 2 is 1.29 bits per heavy atom. The zero-order valence-corrected chi connectivity index (χ0v) is 14.3. The van der Waals surface area contributed by atoms with Crippen LogP contribution in [0.2, 0.25) is 0 Å². The molecule has 0 bridgehead atoms. The number of hydrogen-bond acceptors (Lipinski definition) is 2. The molecule has 0 aliphatic carbocycles. The molecule has 2 atom stereocenters. The molecule has 0 saturated carbocycles. The molecule has 1 aliphatic heterocycles. The zero-order valence-electron chi connectivity index (χ0n) is 13.5. The fraction of sp³-hybridized carbons (Fsp3) is 0.190. The fourth-order valence-electron chi connectivity index (χ4n) is 3.96. The van der Waals surface area contributed by atoms with E-state index in [0.29, 0.717) is 0 Å². The molecule has 0 radical (unpaired) electrons. The lowest BCUT2D eigenvalue weighted by Crippen LogP contribution is -2.12. The standard InChI is InChI=1S/C21H20NOP/c23-24(19-12-7-15-22-16-19)20(17-8-3-1-4-9-17)13-14-21(24)18-10-5-2-6-11-18/h1-12,15-16,20-21H,13-14H2/t20-,21-/m1/s1. The molecular formula is C21H20NOP. The van der Waals surface area contributed by atoms with Crippen LogP contribution in [-0.2, 0) is 4.57 Å². The topological polar surface area (TPSA) is 30.0 Å². The van der Waals surface area contributed by atoms with Crippen LogP contribution in [0.15, 0.2) is 85.2 Å². The summed E-state index contributed by atoms with van der Waals surface area (Å²) in [4.78, 5) is 4.26. The average Bonchev–Trinajstić information content (AvgIpc) is 3.02. The molecule has 0 unspecified atom stereocenters. The van der Waals surface area contributed by atoms with Gasteiger partial charge < -0.3 is 4.57 Å². The van der Waals surface area contributed by atoms with E-state index in [9.17, 15) is 4.57 Å². The van der Waals surface area contributed by atoms with Crippen LogP contribution in [0.5, 0.6) is 0 Å². The quantitative estimate of drug-likeness (QED) is 0.605. The van der Waals surface area contributed by atoms with Gasteiger partial charge in [0.05, 0.1) is 0 Å². The summed E-state index contributed by atoms with van der Waals surface area (Å²) < 4.78 is 14.4. The molecule has 2 aromatic carbocycles. The van der Waals surface area contributed by atoms with Crippen molar-refractivity contribution in [2.75, 3.05) is 0 Å². The van der Waals surface area contributed by atoms with Crippen molar-refractivity contribution in [3.63, 3.8) is 0 Å². The minimum absolute atomic E-state index is 0.0770. The van der Waals surface area contributed by atoms with Crippen LogP contribution in [0.25, 0.3) is 0 Å². The van der Waals surface area contributed by atoms with Crippen LogP contribution in [0.3, 0.4) is 0 Å². The summed E-state index contributed by atoms with van der Waals surface area (Å²) in [5.41, 5.74) is 2.52. The highest BCUT2D eigenvalue weighted by molar-refractivity contribution is 7.72. The lowest BCUT2D eigenvalue weighted by molar-refractivity contribution is 0.573. The van der Waals surface area contributed by atoms with Gasteiger partial charge in [0.25, 0.3) is 0 Å². The molecule has 4 rings (SSSR count). The van der Waals surface area contributed by atoms with E-state index in [1.807, 2.05) is 48.5 Å². The molecule has 3 heteroatoms. The summed E-state index contributed by atoms with van der Waals surface area (Å²) in [6.07, 6.45) is 5.46. The Morgan fingerprint density at radius 3 is 1.75 bits per heavy atom. The van der Waals surface area contributed by atoms with E-state index in [1.54, 1.807) is 12.4 Å². The monoisotopic (exact) mass is 333 g/mol. The second-order valence-corrected chi connectivity index (χ2v) is 9.53. The van der Waals surface area contributed by atoms with Crippen molar-refractivity contribution in [2.45, 2.75) is 24.2 Å². The highest BCUT2D eigenvalue weighted by Crippen LogP contribution is 2.75. The van der Waals surface area contributed by atoms with Gasteiger partial charge in [0.1, 0.15) is 7.14 Å². The molecule has 0 amide bonds. The lowest BCUT2D eigenvalue weighted by Gasteiger charge is -2.27. The van der Waals surface area contributed by atoms with Gasteiger partial charge in [-0.2, -0.15) is 0 Å². The minimum atomic E-state index is -2.65. The van der Waals surface area contributed by atoms with E-state index in [4.69, 9.17) is 0 Å². The first-order chi connectivity index (χ1) is 11.8. The van der Waals surface area contributed by atoms with Crippen molar-refractivity contribution in [3.05, 3.63) is 96.3 Å². The molecule has 120 valence electrons. The molecule has 1 saturated heterocycles. The number of rotatable bonds is 3. The number of pyridine rings is 1. The smallest absolute Gasteiger partial charge is 0.131 e. The summed E-state index contributed by atoms with van der Waals surface area (Å²) in [6, 6.07) is 24.5. The third-order valence-corrected chi connectivity index (χ3v) is 9.09. The Kier molecular flexibility index (Phi) is 4.08. The van der Waals surface area contributed by atoms with Gasteiger partial charge in [0.15, 0.2) is 0 Å². The first-order valence-corrected chi connectivity index (χ1v) is 10.2. The van der Waals surface area contributed by atoms with Gasteiger partial charge >= 0.3 is 0 Å². The molecule has 0 N–H and O–H groups in total. The van der Waals surface area contributed by atoms with Crippen LogP contribution in [0, 0.1) is 0 Å². The van der Waals surface area contributed by atoms with E-state index >= 15 is 0 Å². The van der Waals surface area contributed by atoms with Crippen molar-refractivity contribution >= 4 is 12.4 Å². The van der Waals surface area contributed by atoms with Crippen LogP contribution in [-0.4, -0.2) is 4.98 Å². The normalized spacial score (nSPS) is 22.3. The van der Waals surface area contributed by atoms with Gasteiger partial charge in [-0.3, -0.25) is 4.98 Å². The number of aromatic nitrogens is 1. The number of nitrogens with zero attached hydrogens (tertiary/aromatic N) is 1. The predicted molar refractivity (Wildman–Crippen MR) is 99.1 cm³/mol. The van der Waals surface area contributed by atoms with Crippen LogP contribution in [0.1, 0.15) is 35.3 Å². The van der Waals surface area contributed by atoms with E-state index < -0.39 is 7.14 Å². The molecule has 3 aromatic rings. The first-order valence-electron chi connectivity index (χ1n) is 8.40. The van der Waals surface area contributed by atoms with Crippen LogP contribution in [0.4, 0.5) is 0 Å². The third kappa shape index (κ3) is 2.52. The average molecular weight is 333 g/mol. The fourth-order valence-corrected chi connectivity index (χ4v) is 7.98. The molecule has 2 heterocycles. The number of hydrogen-bond donors (Lipinski definition) is 0. The van der Waals surface area contributed by atoms with Gasteiger partial charge in [-0.25, -0.2) is 0 Å². The van der Waals surface area contributed by atoms with Crippen molar-refractivity contribution < 1.29 is 4.57 Å². The Bertz CT molecular complexity index is 797. The van der Waals surface area contributed by atoms with Gasteiger partial charge in [0, 0.05) is 29.0 Å². The predicted octanol–water partition coefficient (Wildman–Crippen LogP) is 5.35. The lowest BCUT2D eigenvalue weighted by atomic mass is 10.0. The maximum atomic E-state index is 14.4. The van der Waals surface area contributed by atoms with Gasteiger partial charge in [-0.1, -0.05) is 60.7 Å². The van der Waals surface area contributed by atoms with Crippen LogP contribution >= 0.6 is 7.14 Å². The second-order valence-electron chi connectivity index (χ2n) is 6.35. The van der Waals surface area contributed by atoms with E-state index in [-0.39, 0.29) is 11.3 Å². The molecule has 24 heavy (non-hydrogen) atoms. The van der Waals surface area contributed by atoms with Crippen molar-refractivity contribution in [3.8, 4) is 0 Å². The highest BCUT2D eigenvalue weighted by atomic mass is 31.2. The first kappa shape index (κ1) is 15.4. The molecule has 0 spiro atoms. The maximum absolute atomic E-state index is 14.4. The van der Waals surface area contributed by atoms with Gasteiger partial charge in [-0.05, 0) is 36.1 Å². The Balaban J connectivity index is 1.87. The largest absolute Gasteiger partial charge is 0.317 e. The minimum Gasteiger partial charge on any atom is -0.317 e. The van der Waals surface area contributed by atoms with Gasteiger partial charge in [-0.15, -0.1) is 0 Å². The van der Waals surface area contributed by atoms with Gasteiger partial charge in [0.2, 0.25) is 0 Å².